The van der Waals surface area contributed by atoms with Crippen molar-refractivity contribution in [2.45, 2.75) is 36.8 Å². The van der Waals surface area contributed by atoms with E-state index in [1.54, 1.807) is 0 Å². The Morgan fingerprint density at radius 2 is 0.643 bits per heavy atom. The van der Waals surface area contributed by atoms with Crippen LogP contribution in [0.25, 0.3) is 0 Å². The SMILES string of the molecule is N.N.N.N.N.N.N.NCCN(CC(=O)O)C(CC(=O)O)(CC(=O)O)C(CC(=O)O)(CC(=O)O)N(CC(=O)O)CC(=O)O. The minimum atomic E-state index is -2.87. The van der Waals surface area contributed by atoms with Crippen LogP contribution in [-0.4, -0.2) is 131 Å². The number of rotatable bonds is 19. The summed E-state index contributed by atoms with van der Waals surface area (Å²) in [5.74, 6) is -12.6. The van der Waals surface area contributed by atoms with Crippen LogP contribution < -0.4 is 48.8 Å². The molecule has 0 rings (SSSR count). The predicted molar refractivity (Wildman–Crippen MR) is 145 cm³/mol. The topological polar surface area (TPSA) is 539 Å². The van der Waals surface area contributed by atoms with Gasteiger partial charge in [-0.3, -0.25) is 43.4 Å². The smallest absolute Gasteiger partial charge is 0.317 e. The molecule has 24 heteroatoms. The van der Waals surface area contributed by atoms with E-state index in [-0.39, 0.29) is 43.1 Å². The second kappa shape index (κ2) is 24.7. The molecule has 42 heavy (non-hydrogen) atoms. The van der Waals surface area contributed by atoms with E-state index >= 15 is 0 Å². The second-order valence-electron chi connectivity index (χ2n) is 7.59. The molecule has 0 atom stereocenters. The summed E-state index contributed by atoms with van der Waals surface area (Å²) in [6.07, 6.45) is -5.71. The zero-order chi connectivity index (χ0) is 27.6. The first-order chi connectivity index (χ1) is 16.0. The maximum Gasteiger partial charge on any atom is 0.317 e. The van der Waals surface area contributed by atoms with Crippen LogP contribution in [0.2, 0.25) is 0 Å². The number of carboxylic acid groups (broad SMARTS) is 7. The Kier molecular flexibility index (Phi) is 33.9. The van der Waals surface area contributed by atoms with E-state index in [2.05, 4.69) is 0 Å². The molecule has 0 spiro atoms. The molecule has 0 saturated heterocycles. The van der Waals surface area contributed by atoms with E-state index in [0.717, 1.165) is 0 Å². The highest BCUT2D eigenvalue weighted by molar-refractivity contribution is 5.80. The molecule has 30 N–H and O–H groups in total. The average molecular weight is 629 g/mol. The molecule has 0 aromatic rings. The van der Waals surface area contributed by atoms with Crippen molar-refractivity contribution in [2.24, 2.45) is 5.73 Å². The second-order valence-corrected chi connectivity index (χ2v) is 7.59. The molecular weight excluding hydrogens is 580 g/mol. The minimum Gasteiger partial charge on any atom is -0.481 e. The number of hydrogen-bond acceptors (Lipinski definition) is 17. The van der Waals surface area contributed by atoms with Crippen molar-refractivity contribution in [3.8, 4) is 0 Å². The quantitative estimate of drug-likeness (QED) is 0.0758. The minimum absolute atomic E-state index is 0. The van der Waals surface area contributed by atoms with Crippen molar-refractivity contribution < 1.29 is 69.3 Å². The fourth-order valence-electron chi connectivity index (χ4n) is 4.27. The molecule has 0 heterocycles. The van der Waals surface area contributed by atoms with Crippen LogP contribution in [0.15, 0.2) is 0 Å². The fraction of sp³-hybridized carbons (Fsp3) is 0.611. The van der Waals surface area contributed by atoms with Gasteiger partial charge < -0.3 is 84.5 Å². The van der Waals surface area contributed by atoms with Gasteiger partial charge in [-0.15, -0.1) is 0 Å². The van der Waals surface area contributed by atoms with E-state index in [4.69, 9.17) is 5.73 Å². The highest BCUT2D eigenvalue weighted by atomic mass is 16.4. The van der Waals surface area contributed by atoms with E-state index in [1.165, 1.54) is 0 Å². The number of carbonyl (C=O) groups is 7. The van der Waals surface area contributed by atoms with Crippen LogP contribution in [0, 0.1) is 0 Å². The van der Waals surface area contributed by atoms with Crippen molar-refractivity contribution in [3.05, 3.63) is 0 Å². The molecule has 24 nitrogen and oxygen atoms in total. The number of carboxylic acids is 7. The molecule has 254 valence electrons. The van der Waals surface area contributed by atoms with Gasteiger partial charge in [-0.05, 0) is 0 Å². The molecule has 0 unspecified atom stereocenters. The number of nitrogens with two attached hydrogens (primary N) is 1. The van der Waals surface area contributed by atoms with Crippen LogP contribution >= 0.6 is 0 Å². The van der Waals surface area contributed by atoms with Crippen LogP contribution in [-0.2, 0) is 33.6 Å². The van der Waals surface area contributed by atoms with Crippen molar-refractivity contribution in [3.63, 3.8) is 0 Å². The Bertz CT molecular complexity index is 828. The number of nitrogens with zero attached hydrogens (tertiary/aromatic N) is 2. The van der Waals surface area contributed by atoms with Crippen molar-refractivity contribution in [1.82, 2.24) is 52.9 Å². The molecule has 0 aromatic heterocycles. The zero-order valence-corrected chi connectivity index (χ0v) is 23.3. The van der Waals surface area contributed by atoms with Gasteiger partial charge >= 0.3 is 41.8 Å². The monoisotopic (exact) mass is 628 g/mol. The Morgan fingerprint density at radius 3 is 0.833 bits per heavy atom. The first kappa shape index (κ1) is 57.7. The van der Waals surface area contributed by atoms with Gasteiger partial charge in [0.05, 0.1) is 56.4 Å². The summed E-state index contributed by atoms with van der Waals surface area (Å²) in [5, 5.41) is 66.7. The fourth-order valence-corrected chi connectivity index (χ4v) is 4.27. The molecule has 0 saturated carbocycles. The van der Waals surface area contributed by atoms with Crippen LogP contribution in [0.5, 0.6) is 0 Å². The lowest BCUT2D eigenvalue weighted by Crippen LogP contribution is -2.75. The van der Waals surface area contributed by atoms with Crippen LogP contribution in [0.3, 0.4) is 0 Å². The maximum absolute atomic E-state index is 11.9. The molecule has 0 aliphatic heterocycles. The summed E-state index contributed by atoms with van der Waals surface area (Å²) in [4.78, 5) is 83.4. The molecule has 0 radical (unpaired) electrons. The van der Waals surface area contributed by atoms with Gasteiger partial charge in [-0.1, -0.05) is 0 Å². The molecule has 0 bridgehead atoms. The van der Waals surface area contributed by atoms with E-state index in [1.807, 2.05) is 0 Å². The lowest BCUT2D eigenvalue weighted by molar-refractivity contribution is -0.177. The normalized spacial score (nSPS) is 9.88. The Labute approximate surface area is 239 Å². The Hall–Kier alpha value is -4.11. The Balaban J connectivity index is -0.000000275. The predicted octanol–water partition coefficient (Wildman–Crippen LogP) is -1.69. The highest BCUT2D eigenvalue weighted by Crippen LogP contribution is 2.45. The molecule has 0 aliphatic carbocycles. The summed E-state index contributed by atoms with van der Waals surface area (Å²) < 4.78 is 0. The molecule has 0 amide bonds. The van der Waals surface area contributed by atoms with Crippen LogP contribution in [0.4, 0.5) is 0 Å². The van der Waals surface area contributed by atoms with Crippen LogP contribution in [0.1, 0.15) is 25.7 Å². The summed E-state index contributed by atoms with van der Waals surface area (Å²) >= 11 is 0. The molecule has 0 aliphatic rings. The summed E-state index contributed by atoms with van der Waals surface area (Å²) in [6, 6.07) is 0. The summed E-state index contributed by atoms with van der Waals surface area (Å²) in [6.45, 7) is -4.90. The zero-order valence-electron chi connectivity index (χ0n) is 23.3. The molecule has 0 aromatic carbocycles. The maximum atomic E-state index is 11.9. The third kappa shape index (κ3) is 16.2. The van der Waals surface area contributed by atoms with E-state index in [9.17, 15) is 69.3 Å². The standard InChI is InChI=1S/C18H27N3O14.7H3N/c19-1-2-20(7-14(30)31)17(3-10(22)23,4-11(24)25)18(5-12(26)27,6-13(28)29)21(8-15(32)33)9-16(34)35;;;;;;;/h1-9,19H2,(H,22,23)(H,24,25)(H,26,27)(H,28,29)(H,30,31)(H,32,33)(H,34,35);7*1H3. The van der Waals surface area contributed by atoms with E-state index < -0.39 is 111 Å². The summed E-state index contributed by atoms with van der Waals surface area (Å²) in [5.41, 5.74) is -0.163. The molecular formula is C18H48N10O14. The highest BCUT2D eigenvalue weighted by Gasteiger charge is 2.62. The number of hydrogen-bond donors (Lipinski definition) is 15. The molecule has 0 fully saturated rings. The summed E-state index contributed by atoms with van der Waals surface area (Å²) in [7, 11) is 0. The lowest BCUT2D eigenvalue weighted by Gasteiger charge is -2.57. The average Bonchev–Trinajstić information content (AvgIpc) is 2.63. The third-order valence-corrected chi connectivity index (χ3v) is 5.23. The van der Waals surface area contributed by atoms with Gasteiger partial charge in [0.25, 0.3) is 0 Å². The van der Waals surface area contributed by atoms with Gasteiger partial charge in [-0.2, -0.15) is 0 Å². The number of aliphatic carboxylic acids is 7. The van der Waals surface area contributed by atoms with Gasteiger partial charge in [0.1, 0.15) is 0 Å². The first-order valence-electron chi connectivity index (χ1n) is 9.75. The van der Waals surface area contributed by atoms with Crippen molar-refractivity contribution in [2.75, 3.05) is 32.7 Å². The van der Waals surface area contributed by atoms with Gasteiger partial charge in [0, 0.05) is 13.1 Å². The van der Waals surface area contributed by atoms with Crippen molar-refractivity contribution in [1.29, 1.82) is 0 Å². The first-order valence-corrected chi connectivity index (χ1v) is 9.75. The van der Waals surface area contributed by atoms with E-state index in [0.29, 0.717) is 9.80 Å². The Morgan fingerprint density at radius 1 is 0.429 bits per heavy atom. The van der Waals surface area contributed by atoms with Gasteiger partial charge in [0.15, 0.2) is 0 Å². The van der Waals surface area contributed by atoms with Gasteiger partial charge in [-0.25, -0.2) is 0 Å². The third-order valence-electron chi connectivity index (χ3n) is 5.23. The largest absolute Gasteiger partial charge is 0.481 e. The van der Waals surface area contributed by atoms with Crippen molar-refractivity contribution >= 4 is 41.8 Å². The lowest BCUT2D eigenvalue weighted by atomic mass is 9.65. The van der Waals surface area contributed by atoms with Gasteiger partial charge in [0.2, 0.25) is 0 Å².